The first kappa shape index (κ1) is 11.4. The summed E-state index contributed by atoms with van der Waals surface area (Å²) in [6.07, 6.45) is 5.38. The molecule has 2 aromatic heterocycles. The second kappa shape index (κ2) is 4.53. The molecule has 0 unspecified atom stereocenters. The molecular formula is C14H12N4O. The topological polar surface area (TPSA) is 63.6 Å². The highest BCUT2D eigenvalue weighted by molar-refractivity contribution is 5.73. The summed E-state index contributed by atoms with van der Waals surface area (Å²) in [7, 11) is 1.68. The summed E-state index contributed by atoms with van der Waals surface area (Å²) in [4.78, 5) is 22.7. The van der Waals surface area contributed by atoms with E-state index in [-0.39, 0.29) is 5.69 Å². The van der Waals surface area contributed by atoms with Crippen LogP contribution in [0.3, 0.4) is 0 Å². The third-order valence-electron chi connectivity index (χ3n) is 2.88. The van der Waals surface area contributed by atoms with E-state index in [1.807, 2.05) is 42.5 Å². The molecule has 1 aromatic carbocycles. The quantitative estimate of drug-likeness (QED) is 0.756. The minimum Gasteiger partial charge on any atom is -0.303 e. The minimum absolute atomic E-state index is 0.187. The van der Waals surface area contributed by atoms with Crippen LogP contribution in [0.5, 0.6) is 0 Å². The number of nitrogens with one attached hydrogen (secondary N) is 1. The van der Waals surface area contributed by atoms with Crippen LogP contribution in [0.2, 0.25) is 0 Å². The summed E-state index contributed by atoms with van der Waals surface area (Å²) in [5.74, 6) is 0.575. The molecule has 0 radical (unpaired) electrons. The molecule has 0 fully saturated rings. The van der Waals surface area contributed by atoms with E-state index in [0.29, 0.717) is 17.0 Å². The Balaban J connectivity index is 2.00. The molecule has 94 valence electrons. The third-order valence-corrected chi connectivity index (χ3v) is 2.88. The Kier molecular flexibility index (Phi) is 2.72. The van der Waals surface area contributed by atoms with Gasteiger partial charge in [-0.15, -0.1) is 0 Å². The van der Waals surface area contributed by atoms with Crippen LogP contribution >= 0.6 is 0 Å². The number of rotatable bonds is 2. The van der Waals surface area contributed by atoms with Gasteiger partial charge in [0.25, 0.3) is 0 Å². The van der Waals surface area contributed by atoms with Crippen LogP contribution in [-0.4, -0.2) is 19.5 Å². The first-order valence-electron chi connectivity index (χ1n) is 5.89. The van der Waals surface area contributed by atoms with E-state index in [1.165, 1.54) is 4.57 Å². The van der Waals surface area contributed by atoms with Crippen LogP contribution in [0.15, 0.2) is 41.3 Å². The standard InChI is InChI=1S/C14H12N4O/c1-18-13-11(16-14(18)19)9-15-12(17-13)8-7-10-5-3-2-4-6-10/h2-9H,1H3,(H,16,19)/b8-7+. The van der Waals surface area contributed by atoms with Gasteiger partial charge in [-0.1, -0.05) is 36.4 Å². The number of benzene rings is 1. The van der Waals surface area contributed by atoms with Gasteiger partial charge in [-0.25, -0.2) is 14.8 Å². The number of hydrogen-bond donors (Lipinski definition) is 1. The maximum atomic E-state index is 11.5. The molecule has 0 aliphatic heterocycles. The molecule has 3 aromatic rings. The molecule has 0 amide bonds. The Morgan fingerprint density at radius 2 is 2.00 bits per heavy atom. The SMILES string of the molecule is Cn1c(=O)[nH]c2cnc(/C=C/c3ccccc3)nc21. The second-order valence-electron chi connectivity index (χ2n) is 4.20. The second-order valence-corrected chi connectivity index (χ2v) is 4.20. The zero-order valence-electron chi connectivity index (χ0n) is 10.4. The Morgan fingerprint density at radius 1 is 1.21 bits per heavy atom. The molecule has 0 bridgehead atoms. The monoisotopic (exact) mass is 252 g/mol. The lowest BCUT2D eigenvalue weighted by Crippen LogP contribution is -2.12. The van der Waals surface area contributed by atoms with E-state index < -0.39 is 0 Å². The number of aromatic amines is 1. The Labute approximate surface area is 109 Å². The number of H-pyrrole nitrogens is 1. The van der Waals surface area contributed by atoms with Gasteiger partial charge in [-0.2, -0.15) is 0 Å². The van der Waals surface area contributed by atoms with Gasteiger partial charge in [0, 0.05) is 7.05 Å². The minimum atomic E-state index is -0.187. The predicted molar refractivity (Wildman–Crippen MR) is 74.5 cm³/mol. The van der Waals surface area contributed by atoms with Gasteiger partial charge in [0.05, 0.1) is 6.20 Å². The molecular weight excluding hydrogens is 240 g/mol. The number of fused-ring (bicyclic) bond motifs is 1. The van der Waals surface area contributed by atoms with Gasteiger partial charge in [0.2, 0.25) is 0 Å². The first-order valence-corrected chi connectivity index (χ1v) is 5.89. The summed E-state index contributed by atoms with van der Waals surface area (Å²) in [6.45, 7) is 0. The number of hydrogen-bond acceptors (Lipinski definition) is 3. The summed E-state index contributed by atoms with van der Waals surface area (Å²) in [6, 6.07) is 9.91. The van der Waals surface area contributed by atoms with Crippen molar-refractivity contribution in [1.29, 1.82) is 0 Å². The van der Waals surface area contributed by atoms with Crippen LogP contribution in [0, 0.1) is 0 Å². The van der Waals surface area contributed by atoms with E-state index in [4.69, 9.17) is 0 Å². The van der Waals surface area contributed by atoms with E-state index in [1.54, 1.807) is 13.2 Å². The number of nitrogens with zero attached hydrogens (tertiary/aromatic N) is 3. The zero-order valence-corrected chi connectivity index (χ0v) is 10.4. The molecule has 5 heteroatoms. The molecule has 0 saturated heterocycles. The fraction of sp³-hybridized carbons (Fsp3) is 0.0714. The molecule has 0 aliphatic carbocycles. The van der Waals surface area contributed by atoms with Crippen molar-refractivity contribution in [3.63, 3.8) is 0 Å². The van der Waals surface area contributed by atoms with Gasteiger partial charge >= 0.3 is 5.69 Å². The van der Waals surface area contributed by atoms with Crippen LogP contribution < -0.4 is 5.69 Å². The van der Waals surface area contributed by atoms with Crippen molar-refractivity contribution >= 4 is 23.3 Å². The fourth-order valence-corrected chi connectivity index (χ4v) is 1.84. The highest BCUT2D eigenvalue weighted by Crippen LogP contribution is 2.08. The average Bonchev–Trinajstić information content (AvgIpc) is 2.73. The van der Waals surface area contributed by atoms with Crippen molar-refractivity contribution < 1.29 is 0 Å². The van der Waals surface area contributed by atoms with Gasteiger partial charge in [-0.3, -0.25) is 4.57 Å². The smallest absolute Gasteiger partial charge is 0.303 e. The molecule has 1 N–H and O–H groups in total. The van der Waals surface area contributed by atoms with E-state index in [2.05, 4.69) is 15.0 Å². The van der Waals surface area contributed by atoms with Crippen molar-refractivity contribution in [2.75, 3.05) is 0 Å². The van der Waals surface area contributed by atoms with Crippen LogP contribution in [-0.2, 0) is 7.05 Å². The number of aromatic nitrogens is 4. The molecule has 2 heterocycles. The highest BCUT2D eigenvalue weighted by atomic mass is 16.1. The van der Waals surface area contributed by atoms with Crippen molar-refractivity contribution in [1.82, 2.24) is 19.5 Å². The normalized spacial score (nSPS) is 11.4. The van der Waals surface area contributed by atoms with Gasteiger partial charge in [-0.05, 0) is 11.6 Å². The Bertz CT molecular complexity index is 799. The van der Waals surface area contributed by atoms with Crippen molar-refractivity contribution in [2.45, 2.75) is 0 Å². The summed E-state index contributed by atoms with van der Waals surface area (Å²) in [5.41, 5.74) is 2.14. The van der Waals surface area contributed by atoms with Crippen molar-refractivity contribution in [2.24, 2.45) is 7.05 Å². The number of aryl methyl sites for hydroxylation is 1. The molecule has 0 atom stereocenters. The van der Waals surface area contributed by atoms with Crippen LogP contribution in [0.4, 0.5) is 0 Å². The third kappa shape index (κ3) is 2.18. The highest BCUT2D eigenvalue weighted by Gasteiger charge is 2.04. The molecule has 0 aliphatic rings. The van der Waals surface area contributed by atoms with E-state index in [9.17, 15) is 4.79 Å². The predicted octanol–water partition coefficient (Wildman–Crippen LogP) is 1.83. The maximum absolute atomic E-state index is 11.5. The zero-order chi connectivity index (χ0) is 13.2. The molecule has 0 spiro atoms. The van der Waals surface area contributed by atoms with E-state index >= 15 is 0 Å². The molecule has 0 saturated carbocycles. The summed E-state index contributed by atoms with van der Waals surface area (Å²) >= 11 is 0. The Morgan fingerprint density at radius 3 is 2.79 bits per heavy atom. The van der Waals surface area contributed by atoms with Crippen LogP contribution in [0.1, 0.15) is 11.4 Å². The first-order chi connectivity index (χ1) is 9.24. The maximum Gasteiger partial charge on any atom is 0.327 e. The lowest BCUT2D eigenvalue weighted by molar-refractivity contribution is 0.876. The largest absolute Gasteiger partial charge is 0.327 e. The summed E-state index contributed by atoms with van der Waals surface area (Å²) < 4.78 is 1.47. The molecule has 3 rings (SSSR count). The fourth-order valence-electron chi connectivity index (χ4n) is 1.84. The Hall–Kier alpha value is -2.69. The van der Waals surface area contributed by atoms with Crippen LogP contribution in [0.25, 0.3) is 23.3 Å². The van der Waals surface area contributed by atoms with Crippen molar-refractivity contribution in [3.05, 3.63) is 58.4 Å². The van der Waals surface area contributed by atoms with Gasteiger partial charge in [0.1, 0.15) is 5.52 Å². The van der Waals surface area contributed by atoms with Gasteiger partial charge < -0.3 is 4.98 Å². The lowest BCUT2D eigenvalue weighted by Gasteiger charge is -1.95. The average molecular weight is 252 g/mol. The lowest BCUT2D eigenvalue weighted by atomic mass is 10.2. The molecule has 19 heavy (non-hydrogen) atoms. The summed E-state index contributed by atoms with van der Waals surface area (Å²) in [5, 5.41) is 0. The number of imidazole rings is 1. The van der Waals surface area contributed by atoms with Crippen molar-refractivity contribution in [3.8, 4) is 0 Å². The van der Waals surface area contributed by atoms with Gasteiger partial charge in [0.15, 0.2) is 11.5 Å². The van der Waals surface area contributed by atoms with E-state index in [0.717, 1.165) is 5.56 Å². The molecule has 5 nitrogen and oxygen atoms in total.